The molecule has 22 heavy (non-hydrogen) atoms. The third-order valence-electron chi connectivity index (χ3n) is 3.60. The molecular weight excluding hydrogens is 302 g/mol. The van der Waals surface area contributed by atoms with Gasteiger partial charge in [-0.1, -0.05) is 6.07 Å². The van der Waals surface area contributed by atoms with Crippen LogP contribution in [0.5, 0.6) is 0 Å². The van der Waals surface area contributed by atoms with Crippen molar-refractivity contribution in [2.45, 2.75) is 19.4 Å². The lowest BCUT2D eigenvalue weighted by atomic mass is 10.1. The first-order chi connectivity index (χ1) is 10.6. The van der Waals surface area contributed by atoms with Gasteiger partial charge in [0.05, 0.1) is 23.9 Å². The van der Waals surface area contributed by atoms with Gasteiger partial charge in [0.25, 0.3) is 0 Å². The molecule has 0 bridgehead atoms. The number of ether oxygens (including phenoxy) is 1. The van der Waals surface area contributed by atoms with E-state index in [1.165, 1.54) is 11.3 Å². The number of thiophene rings is 1. The fourth-order valence-electron chi connectivity index (χ4n) is 2.33. The standard InChI is InChI=1S/C15H23N3O3S/c1-3-21-14(19)11-12(15(20)13-5-4-10-22-13)16-18-8-6-17(2)7-9-18/h4-5,10,12,16H,3,6-9,11H2,1-2H3. The average molecular weight is 325 g/mol. The molecule has 1 atom stereocenters. The van der Waals surface area contributed by atoms with Crippen molar-refractivity contribution in [1.29, 1.82) is 0 Å². The number of nitrogens with one attached hydrogen (secondary N) is 1. The molecule has 0 radical (unpaired) electrons. The monoisotopic (exact) mass is 325 g/mol. The van der Waals surface area contributed by atoms with Crippen LogP contribution < -0.4 is 5.43 Å². The molecule has 0 spiro atoms. The highest BCUT2D eigenvalue weighted by Gasteiger charge is 2.27. The van der Waals surface area contributed by atoms with Crippen molar-refractivity contribution in [1.82, 2.24) is 15.3 Å². The van der Waals surface area contributed by atoms with Gasteiger partial charge in [-0.25, -0.2) is 10.4 Å². The summed E-state index contributed by atoms with van der Waals surface area (Å²) >= 11 is 1.39. The molecule has 1 N–H and O–H groups in total. The van der Waals surface area contributed by atoms with Gasteiger partial charge < -0.3 is 9.64 Å². The number of piperazine rings is 1. The number of hydrazine groups is 1. The molecule has 1 aromatic rings. The average Bonchev–Trinajstić information content (AvgIpc) is 3.02. The second-order valence-corrected chi connectivity index (χ2v) is 6.27. The number of Topliss-reactive ketones (excluding diaryl/α,β-unsaturated/α-hetero) is 1. The molecule has 1 aliphatic rings. The minimum atomic E-state index is -0.568. The third-order valence-corrected chi connectivity index (χ3v) is 4.48. The lowest BCUT2D eigenvalue weighted by molar-refractivity contribution is -0.143. The first kappa shape index (κ1) is 17.1. The van der Waals surface area contributed by atoms with Gasteiger partial charge in [0.15, 0.2) is 5.78 Å². The Kier molecular flexibility index (Phi) is 6.50. The van der Waals surface area contributed by atoms with Crippen LogP contribution in [0.4, 0.5) is 0 Å². The van der Waals surface area contributed by atoms with E-state index in [0.717, 1.165) is 26.2 Å². The summed E-state index contributed by atoms with van der Waals surface area (Å²) in [5.41, 5.74) is 3.22. The summed E-state index contributed by atoms with van der Waals surface area (Å²) in [6, 6.07) is 3.06. The summed E-state index contributed by atoms with van der Waals surface area (Å²) < 4.78 is 4.99. The molecule has 7 heteroatoms. The summed E-state index contributed by atoms with van der Waals surface area (Å²) in [5, 5.41) is 3.89. The van der Waals surface area contributed by atoms with Gasteiger partial charge in [-0.15, -0.1) is 11.3 Å². The zero-order valence-corrected chi connectivity index (χ0v) is 13.9. The largest absolute Gasteiger partial charge is 0.466 e. The van der Waals surface area contributed by atoms with Crippen LogP contribution in [0.2, 0.25) is 0 Å². The van der Waals surface area contributed by atoms with E-state index in [2.05, 4.69) is 17.4 Å². The molecule has 1 fully saturated rings. The minimum absolute atomic E-state index is 0.0525. The Hall–Kier alpha value is -1.28. The van der Waals surface area contributed by atoms with E-state index in [0.29, 0.717) is 11.5 Å². The maximum Gasteiger partial charge on any atom is 0.307 e. The van der Waals surface area contributed by atoms with Crippen LogP contribution in [-0.4, -0.2) is 67.5 Å². The van der Waals surface area contributed by atoms with Crippen molar-refractivity contribution < 1.29 is 14.3 Å². The molecule has 1 aliphatic heterocycles. The van der Waals surface area contributed by atoms with Crippen molar-refractivity contribution in [3.8, 4) is 0 Å². The van der Waals surface area contributed by atoms with Gasteiger partial charge in [0.2, 0.25) is 0 Å². The second kappa shape index (κ2) is 8.38. The van der Waals surface area contributed by atoms with Crippen molar-refractivity contribution >= 4 is 23.1 Å². The summed E-state index contributed by atoms with van der Waals surface area (Å²) in [6.07, 6.45) is 0.0525. The van der Waals surface area contributed by atoms with Gasteiger partial charge in [-0.3, -0.25) is 9.59 Å². The Bertz CT molecular complexity index is 484. The van der Waals surface area contributed by atoms with E-state index >= 15 is 0 Å². The van der Waals surface area contributed by atoms with E-state index < -0.39 is 6.04 Å². The quantitative estimate of drug-likeness (QED) is 0.596. The van der Waals surface area contributed by atoms with E-state index in [4.69, 9.17) is 4.74 Å². The van der Waals surface area contributed by atoms with Gasteiger partial charge in [-0.05, 0) is 25.4 Å². The maximum atomic E-state index is 12.6. The number of hydrogen-bond donors (Lipinski definition) is 1. The third kappa shape index (κ3) is 4.88. The van der Waals surface area contributed by atoms with Gasteiger partial charge >= 0.3 is 5.97 Å². The van der Waals surface area contributed by atoms with Crippen LogP contribution in [0.15, 0.2) is 17.5 Å². The molecule has 0 amide bonds. The van der Waals surface area contributed by atoms with Crippen LogP contribution >= 0.6 is 11.3 Å². The highest BCUT2D eigenvalue weighted by atomic mass is 32.1. The van der Waals surface area contributed by atoms with Crippen LogP contribution in [0.3, 0.4) is 0 Å². The predicted molar refractivity (Wildman–Crippen MR) is 85.9 cm³/mol. The lowest BCUT2D eigenvalue weighted by Gasteiger charge is -2.34. The van der Waals surface area contributed by atoms with Crippen LogP contribution in [-0.2, 0) is 9.53 Å². The molecule has 1 aromatic heterocycles. The Morgan fingerprint density at radius 3 is 2.68 bits per heavy atom. The van der Waals surface area contributed by atoms with Crippen molar-refractivity contribution in [3.63, 3.8) is 0 Å². The topological polar surface area (TPSA) is 61.9 Å². The predicted octanol–water partition coefficient (Wildman–Crippen LogP) is 1.00. The maximum absolute atomic E-state index is 12.6. The van der Waals surface area contributed by atoms with E-state index in [-0.39, 0.29) is 18.2 Å². The van der Waals surface area contributed by atoms with E-state index in [1.54, 1.807) is 13.0 Å². The molecule has 1 saturated heterocycles. The zero-order valence-electron chi connectivity index (χ0n) is 13.1. The van der Waals surface area contributed by atoms with Crippen molar-refractivity contribution in [3.05, 3.63) is 22.4 Å². The fourth-order valence-corrected chi connectivity index (χ4v) is 3.05. The molecule has 1 unspecified atom stereocenters. The first-order valence-corrected chi connectivity index (χ1v) is 8.41. The van der Waals surface area contributed by atoms with Crippen LogP contribution in [0, 0.1) is 0 Å². The number of esters is 1. The molecule has 122 valence electrons. The highest BCUT2D eigenvalue weighted by Crippen LogP contribution is 2.14. The lowest BCUT2D eigenvalue weighted by Crippen LogP contribution is -2.56. The molecular formula is C15H23N3O3S. The van der Waals surface area contributed by atoms with Crippen molar-refractivity contribution in [2.75, 3.05) is 39.8 Å². The molecule has 6 nitrogen and oxygen atoms in total. The second-order valence-electron chi connectivity index (χ2n) is 5.32. The van der Waals surface area contributed by atoms with Gasteiger partial charge in [0.1, 0.15) is 0 Å². The Balaban J connectivity index is 2.00. The Labute approximate surface area is 135 Å². The van der Waals surface area contributed by atoms with Crippen molar-refractivity contribution in [2.24, 2.45) is 0 Å². The van der Waals surface area contributed by atoms with Gasteiger partial charge in [0, 0.05) is 26.2 Å². The first-order valence-electron chi connectivity index (χ1n) is 7.53. The normalized spacial score (nSPS) is 18.1. The number of rotatable bonds is 7. The number of ketones is 1. The molecule has 0 aromatic carbocycles. The van der Waals surface area contributed by atoms with E-state index in [1.807, 2.05) is 16.5 Å². The molecule has 0 saturated carbocycles. The molecule has 2 heterocycles. The summed E-state index contributed by atoms with van der Waals surface area (Å²) in [4.78, 5) is 27.3. The van der Waals surface area contributed by atoms with E-state index in [9.17, 15) is 9.59 Å². The number of carbonyl (C=O) groups is 2. The summed E-state index contributed by atoms with van der Waals surface area (Å²) in [7, 11) is 2.07. The Morgan fingerprint density at radius 2 is 2.09 bits per heavy atom. The summed E-state index contributed by atoms with van der Waals surface area (Å²) in [6.45, 7) is 5.62. The minimum Gasteiger partial charge on any atom is -0.466 e. The SMILES string of the molecule is CCOC(=O)CC(NN1CCN(C)CC1)C(=O)c1cccs1. The fraction of sp³-hybridized carbons (Fsp3) is 0.600. The summed E-state index contributed by atoms with van der Waals surface area (Å²) in [5.74, 6) is -0.402. The molecule has 2 rings (SSSR count). The number of carbonyl (C=O) groups excluding carboxylic acids is 2. The molecule has 0 aliphatic carbocycles. The van der Waals surface area contributed by atoms with Crippen LogP contribution in [0.25, 0.3) is 0 Å². The Morgan fingerprint density at radius 1 is 1.36 bits per heavy atom. The number of likely N-dealkylation sites (N-methyl/N-ethyl adjacent to an activating group) is 1. The smallest absolute Gasteiger partial charge is 0.307 e. The van der Waals surface area contributed by atoms with Crippen LogP contribution in [0.1, 0.15) is 23.0 Å². The number of nitrogens with zero attached hydrogens (tertiary/aromatic N) is 2. The highest BCUT2D eigenvalue weighted by molar-refractivity contribution is 7.12. The number of hydrogen-bond acceptors (Lipinski definition) is 7. The van der Waals surface area contributed by atoms with Gasteiger partial charge in [-0.2, -0.15) is 0 Å². The zero-order chi connectivity index (χ0) is 15.9.